The van der Waals surface area contributed by atoms with Crippen LogP contribution in [0.2, 0.25) is 0 Å². The van der Waals surface area contributed by atoms with Gasteiger partial charge in [-0.05, 0) is 50.9 Å². The topological polar surface area (TPSA) is 55.8 Å². The van der Waals surface area contributed by atoms with Crippen LogP contribution < -0.4 is 0 Å². The predicted molar refractivity (Wildman–Crippen MR) is 152 cm³/mol. The number of carbonyl (C=O) groups excluding carboxylic acids is 2. The van der Waals surface area contributed by atoms with Crippen molar-refractivity contribution in [2.75, 3.05) is 13.7 Å². The summed E-state index contributed by atoms with van der Waals surface area (Å²) < 4.78 is 12.5. The minimum Gasteiger partial charge on any atom is -0.381 e. The molecule has 5 unspecified atom stereocenters. The van der Waals surface area contributed by atoms with Gasteiger partial charge in [-0.3, -0.25) is 14.5 Å². The van der Waals surface area contributed by atoms with Crippen molar-refractivity contribution < 1.29 is 19.1 Å². The van der Waals surface area contributed by atoms with Crippen molar-refractivity contribution in [1.29, 1.82) is 0 Å². The maximum Gasteiger partial charge on any atom is 0.233 e. The number of likely N-dealkylation sites (tertiary alicyclic amines) is 1. The van der Waals surface area contributed by atoms with Gasteiger partial charge in [-0.2, -0.15) is 0 Å². The molecule has 1 saturated carbocycles. The predicted octanol–water partition coefficient (Wildman–Crippen LogP) is 7.94. The van der Waals surface area contributed by atoms with Crippen molar-refractivity contribution >= 4 is 11.8 Å². The highest BCUT2D eigenvalue weighted by atomic mass is 16.5. The van der Waals surface area contributed by atoms with Crippen molar-refractivity contribution in [1.82, 2.24) is 4.90 Å². The lowest BCUT2D eigenvalue weighted by Crippen LogP contribution is -2.67. The molecule has 1 aliphatic heterocycles. The molecule has 1 aliphatic carbocycles. The Kier molecular flexibility index (Phi) is 14.2. The Morgan fingerprint density at radius 2 is 1.51 bits per heavy atom. The Morgan fingerprint density at radius 3 is 2.11 bits per heavy atom. The number of imide groups is 1. The van der Waals surface area contributed by atoms with Gasteiger partial charge in [0.1, 0.15) is 0 Å². The molecule has 2 fully saturated rings. The summed E-state index contributed by atoms with van der Waals surface area (Å²) in [5, 5.41) is 0. The molecular weight excluding hydrogens is 462 g/mol. The maximum absolute atomic E-state index is 14.1. The summed E-state index contributed by atoms with van der Waals surface area (Å²) in [6, 6.07) is 0.0353. The van der Waals surface area contributed by atoms with Gasteiger partial charge in [-0.1, -0.05) is 92.4 Å². The van der Waals surface area contributed by atoms with E-state index in [4.69, 9.17) is 9.47 Å². The zero-order valence-electron chi connectivity index (χ0n) is 25.4. The van der Waals surface area contributed by atoms with E-state index in [1.807, 2.05) is 0 Å². The summed E-state index contributed by atoms with van der Waals surface area (Å²) in [6.07, 6.45) is 16.1. The SMILES string of the molecule is CCCCCCCCCOC(C)C1C(OC)CCC2C(=O)N(C(CCC)CCCC)C(=O)[C@@H](CC)[C@]21C. The molecule has 0 radical (unpaired) electrons. The first-order chi connectivity index (χ1) is 17.8. The zero-order valence-corrected chi connectivity index (χ0v) is 25.4. The molecule has 0 N–H and O–H groups in total. The number of methoxy groups -OCH3 is 1. The molecule has 0 aromatic heterocycles. The average molecular weight is 522 g/mol. The number of piperidine rings is 1. The Bertz CT molecular complexity index is 662. The Labute approximate surface area is 228 Å². The molecule has 1 heterocycles. The van der Waals surface area contributed by atoms with Gasteiger partial charge in [0.05, 0.1) is 12.2 Å². The number of fused-ring (bicyclic) bond motifs is 1. The van der Waals surface area contributed by atoms with Crippen LogP contribution in [0.15, 0.2) is 0 Å². The van der Waals surface area contributed by atoms with Crippen LogP contribution in [0.5, 0.6) is 0 Å². The summed E-state index contributed by atoms with van der Waals surface area (Å²) in [4.78, 5) is 29.9. The van der Waals surface area contributed by atoms with Crippen molar-refractivity contribution in [3.05, 3.63) is 0 Å². The van der Waals surface area contributed by atoms with Crippen molar-refractivity contribution in [2.45, 2.75) is 156 Å². The van der Waals surface area contributed by atoms with E-state index >= 15 is 0 Å². The molecule has 216 valence electrons. The molecule has 0 spiro atoms. The molecule has 7 atom stereocenters. The largest absolute Gasteiger partial charge is 0.381 e. The quantitative estimate of drug-likeness (QED) is 0.136. The van der Waals surface area contributed by atoms with Crippen LogP contribution in [-0.2, 0) is 19.1 Å². The number of rotatable bonds is 18. The van der Waals surface area contributed by atoms with Crippen molar-refractivity contribution in [3.63, 3.8) is 0 Å². The Balaban J connectivity index is 2.21. The van der Waals surface area contributed by atoms with Crippen LogP contribution in [0, 0.1) is 23.2 Å². The van der Waals surface area contributed by atoms with Gasteiger partial charge in [0.25, 0.3) is 0 Å². The van der Waals surface area contributed by atoms with E-state index in [1.54, 1.807) is 12.0 Å². The van der Waals surface area contributed by atoms with Crippen molar-refractivity contribution in [2.24, 2.45) is 23.2 Å². The number of hydrogen-bond acceptors (Lipinski definition) is 4. The van der Waals surface area contributed by atoms with Gasteiger partial charge >= 0.3 is 0 Å². The smallest absolute Gasteiger partial charge is 0.233 e. The summed E-state index contributed by atoms with van der Waals surface area (Å²) in [5.41, 5.74) is -0.445. The molecule has 1 saturated heterocycles. The summed E-state index contributed by atoms with van der Waals surface area (Å²) in [5.74, 6) is -0.158. The van der Waals surface area contributed by atoms with E-state index in [9.17, 15) is 9.59 Å². The van der Waals surface area contributed by atoms with Crippen LogP contribution in [0.1, 0.15) is 138 Å². The average Bonchev–Trinajstić information content (AvgIpc) is 2.88. The first-order valence-electron chi connectivity index (χ1n) is 15.8. The highest BCUT2D eigenvalue weighted by molar-refractivity contribution is 6.01. The second kappa shape index (κ2) is 16.2. The summed E-state index contributed by atoms with van der Waals surface area (Å²) in [7, 11) is 1.78. The molecule has 0 aromatic rings. The molecule has 5 nitrogen and oxygen atoms in total. The number of ether oxygens (including phenoxy) is 2. The van der Waals surface area contributed by atoms with Crippen LogP contribution >= 0.6 is 0 Å². The van der Waals surface area contributed by atoms with Crippen molar-refractivity contribution in [3.8, 4) is 0 Å². The van der Waals surface area contributed by atoms with Gasteiger partial charge in [0, 0.05) is 37.5 Å². The lowest BCUT2D eigenvalue weighted by Gasteiger charge is -2.59. The highest BCUT2D eigenvalue weighted by Gasteiger charge is 2.63. The molecule has 0 bridgehead atoms. The van der Waals surface area contributed by atoms with Gasteiger partial charge < -0.3 is 9.47 Å². The number of unbranched alkanes of at least 4 members (excludes halogenated alkanes) is 7. The molecule has 0 aromatic carbocycles. The van der Waals surface area contributed by atoms with Gasteiger partial charge in [0.15, 0.2) is 0 Å². The molecule has 2 rings (SSSR count). The van der Waals surface area contributed by atoms with E-state index in [2.05, 4.69) is 41.5 Å². The van der Waals surface area contributed by atoms with Gasteiger partial charge in [-0.25, -0.2) is 0 Å². The minimum absolute atomic E-state index is 0.0121. The second-order valence-corrected chi connectivity index (χ2v) is 12.1. The fraction of sp³-hybridized carbons (Fsp3) is 0.938. The van der Waals surface area contributed by atoms with E-state index in [0.29, 0.717) is 0 Å². The zero-order chi connectivity index (χ0) is 27.4. The van der Waals surface area contributed by atoms with Crippen LogP contribution in [0.4, 0.5) is 0 Å². The fourth-order valence-corrected chi connectivity index (χ4v) is 7.68. The second-order valence-electron chi connectivity index (χ2n) is 12.1. The summed E-state index contributed by atoms with van der Waals surface area (Å²) in [6.45, 7) is 13.8. The lowest BCUT2D eigenvalue weighted by atomic mass is 9.50. The van der Waals surface area contributed by atoms with Crippen LogP contribution in [-0.4, -0.2) is 48.7 Å². The molecule has 5 heteroatoms. The maximum atomic E-state index is 14.1. The number of carbonyl (C=O) groups is 2. The minimum atomic E-state index is -0.445. The van der Waals surface area contributed by atoms with Gasteiger partial charge in [0.2, 0.25) is 11.8 Å². The van der Waals surface area contributed by atoms with E-state index in [0.717, 1.165) is 64.4 Å². The van der Waals surface area contributed by atoms with Gasteiger partial charge in [-0.15, -0.1) is 0 Å². The monoisotopic (exact) mass is 521 g/mol. The molecule has 2 amide bonds. The first-order valence-corrected chi connectivity index (χ1v) is 15.8. The van der Waals surface area contributed by atoms with E-state index in [-0.39, 0.29) is 47.8 Å². The molecule has 2 aliphatic rings. The Morgan fingerprint density at radius 1 is 0.865 bits per heavy atom. The normalized spacial score (nSPS) is 29.9. The van der Waals surface area contributed by atoms with Crippen LogP contribution in [0.25, 0.3) is 0 Å². The third kappa shape index (κ3) is 7.59. The highest BCUT2D eigenvalue weighted by Crippen LogP contribution is 2.57. The lowest BCUT2D eigenvalue weighted by molar-refractivity contribution is -0.199. The summed E-state index contributed by atoms with van der Waals surface area (Å²) >= 11 is 0. The third-order valence-corrected chi connectivity index (χ3v) is 9.65. The molecular formula is C32H59NO4. The van der Waals surface area contributed by atoms with E-state index < -0.39 is 5.41 Å². The number of hydrogen-bond donors (Lipinski definition) is 0. The fourth-order valence-electron chi connectivity index (χ4n) is 7.68. The number of nitrogens with zero attached hydrogens (tertiary/aromatic N) is 1. The standard InChI is InChI=1S/C32H59NO4/c1-8-12-14-15-16-17-18-23-37-24(5)29-28(36-7)22-21-27-31(35)33(25(19-10-3)20-13-9-2)30(34)26(11-4)32(27,29)6/h24-29H,8-23H2,1-7H3/t24?,25?,26-,27?,28?,29?,32-/m1/s1. The first kappa shape index (κ1) is 32.3. The Hall–Kier alpha value is -0.940. The number of amides is 2. The third-order valence-electron chi connectivity index (χ3n) is 9.65. The van der Waals surface area contributed by atoms with E-state index in [1.165, 1.54) is 38.5 Å². The molecule has 37 heavy (non-hydrogen) atoms. The van der Waals surface area contributed by atoms with Crippen LogP contribution in [0.3, 0.4) is 0 Å².